The van der Waals surface area contributed by atoms with E-state index in [0.717, 1.165) is 23.4 Å². The van der Waals surface area contributed by atoms with Gasteiger partial charge in [0.15, 0.2) is 17.6 Å². The number of hydrazine groups is 1. The molecule has 16 nitrogen and oxygen atoms in total. The summed E-state index contributed by atoms with van der Waals surface area (Å²) in [7, 11) is 8.07. The zero-order valence-electron chi connectivity index (χ0n) is 37.0. The molecular formula is C45H59N8O8+. The van der Waals surface area contributed by atoms with Gasteiger partial charge < -0.3 is 29.2 Å². The Morgan fingerprint density at radius 3 is 2.13 bits per heavy atom. The van der Waals surface area contributed by atoms with Crippen LogP contribution >= 0.6 is 0 Å². The number of carbonyl (C=O) groups is 6. The van der Waals surface area contributed by atoms with E-state index in [0.29, 0.717) is 86.0 Å². The fourth-order valence-corrected chi connectivity index (χ4v) is 9.35. The van der Waals surface area contributed by atoms with Gasteiger partial charge in [0, 0.05) is 87.9 Å². The third-order valence-corrected chi connectivity index (χ3v) is 12.8. The molecule has 3 aromatic rings. The lowest BCUT2D eigenvalue weighted by atomic mass is 9.84. The van der Waals surface area contributed by atoms with Crippen molar-refractivity contribution in [3.63, 3.8) is 0 Å². The maximum atomic E-state index is 14.4. The molecule has 326 valence electrons. The minimum Gasteiger partial charge on any atom is -0.468 e. The average Bonchev–Trinajstić information content (AvgIpc) is 3.95. The molecule has 2 aliphatic heterocycles. The van der Waals surface area contributed by atoms with E-state index >= 15 is 0 Å². The third kappa shape index (κ3) is 8.54. The highest BCUT2D eigenvalue weighted by Gasteiger charge is 2.45. The number of rotatable bonds is 12. The van der Waals surface area contributed by atoms with Crippen molar-refractivity contribution in [2.75, 3.05) is 41.9 Å². The third-order valence-electron chi connectivity index (χ3n) is 12.8. The number of amides is 3. The van der Waals surface area contributed by atoms with E-state index in [1.807, 2.05) is 60.1 Å². The van der Waals surface area contributed by atoms with Crippen LogP contribution in [0.4, 0.5) is 4.79 Å². The number of aryl methyl sites for hydroxylation is 2. The van der Waals surface area contributed by atoms with Crippen LogP contribution in [0.3, 0.4) is 0 Å². The summed E-state index contributed by atoms with van der Waals surface area (Å²) in [4.78, 5) is 96.3. The normalized spacial score (nSPS) is 19.9. The SMILES string of the molecule is CC[C@@H]1c2cc3[nH]c4c(c3C)C(=O)C(C(=O)OC)c4c3nc(cc4[nH]c(cc(n2)[C@H]1C)c(C(C)=O)c4C)[C@H](C)[C@H]3CCC(=O)NCCC[C@@H](C(=O)NNC(=O)OC)[N+](C)(C)C. The summed E-state index contributed by atoms with van der Waals surface area (Å²) in [5.74, 6) is -3.48. The summed E-state index contributed by atoms with van der Waals surface area (Å²) >= 11 is 0. The van der Waals surface area contributed by atoms with E-state index in [1.54, 1.807) is 6.92 Å². The molecule has 0 radical (unpaired) electrons. The first-order chi connectivity index (χ1) is 28.8. The van der Waals surface area contributed by atoms with Crippen LogP contribution in [0.25, 0.3) is 22.1 Å². The molecule has 1 unspecified atom stereocenters. The van der Waals surface area contributed by atoms with Crippen molar-refractivity contribution in [2.45, 2.75) is 109 Å². The van der Waals surface area contributed by atoms with Crippen molar-refractivity contribution in [1.82, 2.24) is 36.1 Å². The number of quaternary nitrogens is 1. The van der Waals surface area contributed by atoms with Crippen LogP contribution in [0, 0.1) is 13.8 Å². The van der Waals surface area contributed by atoms with Crippen molar-refractivity contribution in [2.24, 2.45) is 0 Å². The molecule has 3 aromatic heterocycles. The van der Waals surface area contributed by atoms with Gasteiger partial charge >= 0.3 is 12.1 Å². The molecule has 0 spiro atoms. The highest BCUT2D eigenvalue weighted by Crippen LogP contribution is 2.48. The maximum absolute atomic E-state index is 14.4. The van der Waals surface area contributed by atoms with Gasteiger partial charge in [-0.2, -0.15) is 0 Å². The summed E-state index contributed by atoms with van der Waals surface area (Å²) in [6.07, 6.45) is 1.42. The number of Topliss-reactive ketones (excluding diaryl/α,β-unsaturated/α-hetero) is 2. The average molecular weight is 840 g/mol. The molecule has 5 N–H and O–H groups in total. The van der Waals surface area contributed by atoms with Crippen LogP contribution in [0.1, 0.15) is 150 Å². The maximum Gasteiger partial charge on any atom is 0.425 e. The highest BCUT2D eigenvalue weighted by molar-refractivity contribution is 6.23. The molecule has 61 heavy (non-hydrogen) atoms. The number of likely N-dealkylation sites (N-methyl/N-ethyl adjacent to an activating group) is 1. The molecule has 3 aliphatic rings. The van der Waals surface area contributed by atoms with Crippen LogP contribution in [-0.2, 0) is 23.9 Å². The molecule has 16 heteroatoms. The number of esters is 1. The summed E-state index contributed by atoms with van der Waals surface area (Å²) in [5.41, 5.74) is 13.0. The fraction of sp³-hybridized carbons (Fsp3) is 0.511. The van der Waals surface area contributed by atoms with E-state index in [9.17, 15) is 28.8 Å². The van der Waals surface area contributed by atoms with Crippen molar-refractivity contribution < 1.29 is 42.7 Å². The fourth-order valence-electron chi connectivity index (χ4n) is 9.35. The van der Waals surface area contributed by atoms with Gasteiger partial charge in [0.1, 0.15) is 5.92 Å². The largest absolute Gasteiger partial charge is 0.468 e. The van der Waals surface area contributed by atoms with E-state index in [-0.39, 0.29) is 53.5 Å². The second kappa shape index (κ2) is 17.6. The topological polar surface area (TPSA) is 214 Å². The highest BCUT2D eigenvalue weighted by atomic mass is 16.5. The predicted octanol–water partition coefficient (Wildman–Crippen LogP) is 5.91. The Kier molecular flexibility index (Phi) is 12.9. The first-order valence-electron chi connectivity index (χ1n) is 20.9. The number of hydrogen-bond acceptors (Lipinski definition) is 10. The Morgan fingerprint density at radius 2 is 1.49 bits per heavy atom. The summed E-state index contributed by atoms with van der Waals surface area (Å²) in [6.45, 7) is 11.9. The zero-order valence-corrected chi connectivity index (χ0v) is 37.0. The number of fused-ring (bicyclic) bond motifs is 8. The number of nitrogens with zero attached hydrogens (tertiary/aromatic N) is 3. The Balaban J connectivity index is 1.41. The molecule has 0 saturated carbocycles. The number of ketones is 2. The van der Waals surface area contributed by atoms with Gasteiger partial charge in [-0.3, -0.25) is 39.4 Å². The summed E-state index contributed by atoms with van der Waals surface area (Å²) in [5, 5.41) is 2.99. The van der Waals surface area contributed by atoms with Gasteiger partial charge in [0.05, 0.1) is 52.1 Å². The Hall–Kier alpha value is -5.90. The van der Waals surface area contributed by atoms with Crippen molar-refractivity contribution in [1.29, 1.82) is 0 Å². The van der Waals surface area contributed by atoms with Crippen LogP contribution in [0.2, 0.25) is 0 Å². The molecule has 6 rings (SSSR count). The number of carbonyl (C=O) groups excluding carboxylic acids is 6. The van der Waals surface area contributed by atoms with E-state index in [2.05, 4.69) is 44.7 Å². The second-order valence-corrected chi connectivity index (χ2v) is 17.4. The Labute approximate surface area is 355 Å². The van der Waals surface area contributed by atoms with Gasteiger partial charge in [-0.1, -0.05) is 20.8 Å². The van der Waals surface area contributed by atoms with Crippen molar-refractivity contribution >= 4 is 57.5 Å². The van der Waals surface area contributed by atoms with E-state index in [4.69, 9.17) is 14.7 Å². The minimum absolute atomic E-state index is 0.0642. The number of nitrogens with one attached hydrogen (secondary N) is 5. The molecule has 5 heterocycles. The molecule has 0 aromatic carbocycles. The van der Waals surface area contributed by atoms with E-state index < -0.39 is 24.0 Å². The number of methoxy groups -OCH3 is 2. The molecule has 8 bridgehead atoms. The number of aromatic nitrogens is 4. The molecule has 3 amide bonds. The summed E-state index contributed by atoms with van der Waals surface area (Å²) in [6, 6.07) is 5.36. The van der Waals surface area contributed by atoms with Gasteiger partial charge in [0.2, 0.25) is 5.91 Å². The van der Waals surface area contributed by atoms with Gasteiger partial charge in [0.25, 0.3) is 5.91 Å². The Morgan fingerprint density at radius 1 is 0.852 bits per heavy atom. The number of hydrogen-bond donors (Lipinski definition) is 5. The van der Waals surface area contributed by atoms with Crippen molar-refractivity contribution in [3.05, 3.63) is 68.8 Å². The molecule has 0 fully saturated rings. The molecule has 0 saturated heterocycles. The minimum atomic E-state index is -1.25. The monoisotopic (exact) mass is 839 g/mol. The lowest BCUT2D eigenvalue weighted by Gasteiger charge is -2.33. The first kappa shape index (κ1) is 44.6. The zero-order chi connectivity index (χ0) is 44.7. The summed E-state index contributed by atoms with van der Waals surface area (Å²) < 4.78 is 10.1. The number of aromatic amines is 2. The number of ether oxygens (including phenoxy) is 2. The predicted molar refractivity (Wildman–Crippen MR) is 229 cm³/mol. The van der Waals surface area contributed by atoms with E-state index in [1.165, 1.54) is 14.2 Å². The van der Waals surface area contributed by atoms with Gasteiger partial charge in [-0.05, 0) is 69.4 Å². The van der Waals surface area contributed by atoms with Gasteiger partial charge in [-0.15, -0.1) is 0 Å². The van der Waals surface area contributed by atoms with Crippen LogP contribution in [0.5, 0.6) is 0 Å². The van der Waals surface area contributed by atoms with Crippen LogP contribution in [0.15, 0.2) is 18.2 Å². The molecule has 6 atom stereocenters. The lowest BCUT2D eigenvalue weighted by Crippen LogP contribution is -2.57. The molecular weight excluding hydrogens is 781 g/mol. The van der Waals surface area contributed by atoms with Crippen molar-refractivity contribution in [3.8, 4) is 0 Å². The van der Waals surface area contributed by atoms with Gasteiger partial charge in [-0.25, -0.2) is 10.2 Å². The second-order valence-electron chi connectivity index (χ2n) is 17.4. The quantitative estimate of drug-likeness (QED) is 0.0363. The Bertz CT molecular complexity index is 2460. The standard InChI is InChI=1S/C45H58N8O8/c1-12-26-21(2)28-20-33-36(25(6)54)23(4)30(48-33)18-29-22(3)27(15-16-35(55)46-17-13-14-34(53(7,8)9)43(57)51-52-45(59)61-11)40(49-29)38-39(44(58)60-10)42(56)37-24(5)31(50-41(37)38)19-32(26)47-28/h18-22,26-27,34,39H,12-17H2,1-11H3,(H4-,46,47,48,49,50,51,52,54,55,56,57,59)/p+1/t21-,22+,26-,27+,34-,39?/m0/s1. The molecule has 1 aliphatic carbocycles. The first-order valence-corrected chi connectivity index (χ1v) is 20.9. The van der Waals surface area contributed by atoms with Crippen LogP contribution < -0.4 is 16.2 Å². The van der Waals surface area contributed by atoms with Crippen LogP contribution in [-0.4, -0.2) is 108 Å². The smallest absolute Gasteiger partial charge is 0.425 e. The lowest BCUT2D eigenvalue weighted by molar-refractivity contribution is -0.886. The number of H-pyrrole nitrogens is 2.